The smallest absolute Gasteiger partial charge is 0.467 e. The number of nitrogen functional groups attached to an aromatic ring is 1. The van der Waals surface area contributed by atoms with E-state index in [9.17, 15) is 4.57 Å². The van der Waals surface area contributed by atoms with Gasteiger partial charge in [-0.2, -0.15) is 9.55 Å². The maximum Gasteiger partial charge on any atom is 0.469 e. The zero-order valence-corrected chi connectivity index (χ0v) is 14.4. The molecule has 0 atom stereocenters. The molecular weight excluding hydrogens is 343 g/mol. The number of methoxy groups -OCH3 is 1. The molecule has 4 N–H and O–H groups in total. The first kappa shape index (κ1) is 17.8. The van der Waals surface area contributed by atoms with Crippen molar-refractivity contribution in [1.82, 2.24) is 9.97 Å². The summed E-state index contributed by atoms with van der Waals surface area (Å²) in [5.41, 5.74) is 9.52. The van der Waals surface area contributed by atoms with Gasteiger partial charge in [0.25, 0.3) is 0 Å². The van der Waals surface area contributed by atoms with Crippen molar-refractivity contribution in [3.8, 4) is 6.01 Å². The van der Waals surface area contributed by atoms with Crippen molar-refractivity contribution in [2.75, 3.05) is 19.5 Å². The molecule has 0 spiro atoms. The van der Waals surface area contributed by atoms with Gasteiger partial charge in [-0.25, -0.2) is 9.55 Å². The van der Waals surface area contributed by atoms with Crippen molar-refractivity contribution < 1.29 is 28.2 Å². The predicted molar refractivity (Wildman–Crippen MR) is 83.0 cm³/mol. The van der Waals surface area contributed by atoms with Crippen LogP contribution < -0.4 is 15.0 Å². The largest absolute Gasteiger partial charge is 0.469 e. The van der Waals surface area contributed by atoms with E-state index in [1.807, 2.05) is 17.0 Å². The number of phosphoric acid groups is 1. The number of anilines is 1. The summed E-state index contributed by atoms with van der Waals surface area (Å²) in [6, 6.07) is 0.216. The van der Waals surface area contributed by atoms with Crippen LogP contribution in [0.1, 0.15) is 16.1 Å². The molecule has 0 aromatic carbocycles. The first-order valence-electron chi connectivity index (χ1n) is 6.62. The standard InChI is InChI=1S/C12H17N4O5PS/c1-8-10(3-4-21-22(17,18)19)23-7-16(8)6-9-5-14-12(20-2)15-11(9)13/h5,7H,3-4,6H2,1-2H3,(H3-,13,14,15,17,18,19)/p+1. The van der Waals surface area contributed by atoms with E-state index >= 15 is 0 Å². The van der Waals surface area contributed by atoms with E-state index in [0.717, 1.165) is 16.1 Å². The molecule has 9 nitrogen and oxygen atoms in total. The van der Waals surface area contributed by atoms with E-state index in [1.54, 1.807) is 6.20 Å². The maximum absolute atomic E-state index is 10.7. The van der Waals surface area contributed by atoms with Crippen LogP contribution in [0.25, 0.3) is 0 Å². The number of nitrogens with zero attached hydrogens (tertiary/aromatic N) is 3. The van der Waals surface area contributed by atoms with Gasteiger partial charge in [0.05, 0.1) is 24.2 Å². The zero-order chi connectivity index (χ0) is 17.0. The summed E-state index contributed by atoms with van der Waals surface area (Å²) < 4.78 is 22.0. The third-order valence-electron chi connectivity index (χ3n) is 3.14. The zero-order valence-electron chi connectivity index (χ0n) is 12.7. The van der Waals surface area contributed by atoms with E-state index in [-0.39, 0.29) is 12.6 Å². The molecule has 0 bridgehead atoms. The molecule has 0 aliphatic heterocycles. The monoisotopic (exact) mass is 361 g/mol. The van der Waals surface area contributed by atoms with Crippen LogP contribution in [0.5, 0.6) is 6.01 Å². The van der Waals surface area contributed by atoms with E-state index in [2.05, 4.69) is 14.5 Å². The van der Waals surface area contributed by atoms with Crippen molar-refractivity contribution in [2.24, 2.45) is 0 Å². The fourth-order valence-electron chi connectivity index (χ4n) is 1.91. The van der Waals surface area contributed by atoms with Gasteiger partial charge in [-0.15, -0.1) is 0 Å². The normalized spacial score (nSPS) is 11.7. The van der Waals surface area contributed by atoms with Gasteiger partial charge in [-0.05, 0) is 0 Å². The first-order valence-corrected chi connectivity index (χ1v) is 9.03. The molecular formula is C12H18N4O5PS+. The lowest BCUT2D eigenvalue weighted by molar-refractivity contribution is -0.689. The number of aromatic nitrogens is 3. The minimum atomic E-state index is -4.43. The fourth-order valence-corrected chi connectivity index (χ4v) is 3.22. The number of hydrogen-bond donors (Lipinski definition) is 3. The SMILES string of the molecule is COc1ncc(C[n+]2csc(CCOP(=O)(O)O)c2C)c(N)n1. The minimum Gasteiger partial charge on any atom is -0.467 e. The molecule has 23 heavy (non-hydrogen) atoms. The van der Waals surface area contributed by atoms with E-state index < -0.39 is 7.82 Å². The Balaban J connectivity index is 2.06. The molecule has 2 heterocycles. The van der Waals surface area contributed by atoms with E-state index in [1.165, 1.54) is 18.4 Å². The number of phosphoric ester groups is 1. The lowest BCUT2D eigenvalue weighted by atomic mass is 10.2. The predicted octanol–water partition coefficient (Wildman–Crippen LogP) is 0.425. The second-order valence-electron chi connectivity index (χ2n) is 4.70. The number of ether oxygens (including phenoxy) is 1. The Hall–Kier alpha value is -1.58. The van der Waals surface area contributed by atoms with Crippen molar-refractivity contribution in [2.45, 2.75) is 19.9 Å². The second-order valence-corrected chi connectivity index (χ2v) is 6.88. The van der Waals surface area contributed by atoms with Gasteiger partial charge in [0.15, 0.2) is 12.2 Å². The summed E-state index contributed by atoms with van der Waals surface area (Å²) in [5, 5.41) is 0. The first-order chi connectivity index (χ1) is 10.8. The average molecular weight is 361 g/mol. The Bertz CT molecular complexity index is 732. The van der Waals surface area contributed by atoms with Crippen LogP contribution in [0.15, 0.2) is 11.7 Å². The highest BCUT2D eigenvalue weighted by molar-refractivity contribution is 7.46. The van der Waals surface area contributed by atoms with Gasteiger partial charge in [0.2, 0.25) is 5.51 Å². The molecule has 11 heteroatoms. The number of nitrogens with two attached hydrogens (primary N) is 1. The molecule has 0 amide bonds. The Kier molecular flexibility index (Phi) is 5.66. The van der Waals surface area contributed by atoms with Gasteiger partial charge in [0, 0.05) is 19.5 Å². The molecule has 2 aromatic heterocycles. The van der Waals surface area contributed by atoms with Gasteiger partial charge in [-0.3, -0.25) is 4.52 Å². The third-order valence-corrected chi connectivity index (χ3v) is 4.81. The van der Waals surface area contributed by atoms with Crippen molar-refractivity contribution in [3.63, 3.8) is 0 Å². The van der Waals surface area contributed by atoms with E-state index in [0.29, 0.717) is 18.8 Å². The van der Waals surface area contributed by atoms with Crippen molar-refractivity contribution >= 4 is 25.0 Å². The number of thiazole rings is 1. The second kappa shape index (κ2) is 7.33. The van der Waals surface area contributed by atoms with Crippen LogP contribution in [0.2, 0.25) is 0 Å². The summed E-state index contributed by atoms with van der Waals surface area (Å²) in [6.07, 6.45) is 2.03. The summed E-state index contributed by atoms with van der Waals surface area (Å²) >= 11 is 1.48. The number of rotatable bonds is 7. The molecule has 0 fully saturated rings. The molecule has 0 saturated carbocycles. The van der Waals surface area contributed by atoms with Crippen molar-refractivity contribution in [1.29, 1.82) is 0 Å². The van der Waals surface area contributed by atoms with Crippen LogP contribution in [0, 0.1) is 6.92 Å². The molecule has 0 radical (unpaired) electrons. The molecule has 0 aliphatic carbocycles. The lowest BCUT2D eigenvalue weighted by Gasteiger charge is -2.04. The molecule has 2 aromatic rings. The minimum absolute atomic E-state index is 0.0422. The van der Waals surface area contributed by atoms with E-state index in [4.69, 9.17) is 20.3 Å². The third kappa shape index (κ3) is 4.95. The molecule has 0 saturated heterocycles. The Labute approximate surface area is 137 Å². The van der Waals surface area contributed by atoms with Gasteiger partial charge in [-0.1, -0.05) is 11.3 Å². The van der Waals surface area contributed by atoms with Crippen LogP contribution in [-0.2, 0) is 22.1 Å². The summed E-state index contributed by atoms with van der Waals surface area (Å²) in [5.74, 6) is 0.348. The highest BCUT2D eigenvalue weighted by Crippen LogP contribution is 2.35. The molecule has 2 rings (SSSR count). The Morgan fingerprint density at radius 3 is 2.83 bits per heavy atom. The highest BCUT2D eigenvalue weighted by atomic mass is 32.1. The van der Waals surface area contributed by atoms with Crippen LogP contribution in [0.3, 0.4) is 0 Å². The van der Waals surface area contributed by atoms with Crippen LogP contribution >= 0.6 is 19.2 Å². The number of hydrogen-bond acceptors (Lipinski definition) is 7. The summed E-state index contributed by atoms with van der Waals surface area (Å²) in [4.78, 5) is 26.4. The molecule has 126 valence electrons. The average Bonchev–Trinajstić information content (AvgIpc) is 2.81. The van der Waals surface area contributed by atoms with Gasteiger partial charge in [0.1, 0.15) is 5.82 Å². The van der Waals surface area contributed by atoms with Gasteiger partial charge >= 0.3 is 13.8 Å². The molecule has 0 aliphatic rings. The lowest BCUT2D eigenvalue weighted by Crippen LogP contribution is -2.35. The highest BCUT2D eigenvalue weighted by Gasteiger charge is 2.19. The maximum atomic E-state index is 10.7. The van der Waals surface area contributed by atoms with Gasteiger partial charge < -0.3 is 20.3 Å². The Morgan fingerprint density at radius 1 is 1.48 bits per heavy atom. The van der Waals surface area contributed by atoms with Crippen LogP contribution in [-0.4, -0.2) is 33.5 Å². The topological polar surface area (TPSA) is 132 Å². The van der Waals surface area contributed by atoms with Crippen LogP contribution in [0.4, 0.5) is 5.82 Å². The summed E-state index contributed by atoms with van der Waals surface area (Å²) in [6.45, 7) is 2.38. The quantitative estimate of drug-likeness (QED) is 0.478. The Morgan fingerprint density at radius 2 is 2.22 bits per heavy atom. The fraction of sp³-hybridized carbons (Fsp3) is 0.417. The van der Waals surface area contributed by atoms with Crippen molar-refractivity contribution in [3.05, 3.63) is 27.8 Å². The molecule has 0 unspecified atom stereocenters. The summed E-state index contributed by atoms with van der Waals surface area (Å²) in [7, 11) is -2.96.